The zero-order chi connectivity index (χ0) is 13.9. The van der Waals surface area contributed by atoms with E-state index in [1.54, 1.807) is 48.5 Å². The Kier molecular flexibility index (Phi) is 2.99. The van der Waals surface area contributed by atoms with E-state index in [-0.39, 0.29) is 0 Å². The van der Waals surface area contributed by atoms with Gasteiger partial charge in [-0.25, -0.2) is 0 Å². The fourth-order valence-corrected chi connectivity index (χ4v) is 1.89. The minimum atomic E-state index is 0.499. The predicted molar refractivity (Wildman–Crippen MR) is 72.1 cm³/mol. The third kappa shape index (κ3) is 2.16. The fourth-order valence-electron chi connectivity index (χ4n) is 1.89. The van der Waals surface area contributed by atoms with Gasteiger partial charge in [0, 0.05) is 5.56 Å². The zero-order valence-electron chi connectivity index (χ0n) is 10.4. The molecule has 1 N–H and O–H groups in total. The summed E-state index contributed by atoms with van der Waals surface area (Å²) in [4.78, 5) is 4.86. The number of ether oxygens (including phenoxy) is 1. The van der Waals surface area contributed by atoms with E-state index in [1.165, 1.54) is 6.26 Å². The molecule has 0 amide bonds. The Morgan fingerprint density at radius 3 is 2.70 bits per heavy atom. The van der Waals surface area contributed by atoms with Crippen LogP contribution in [0.5, 0.6) is 11.5 Å². The van der Waals surface area contributed by atoms with Gasteiger partial charge in [-0.05, 0) is 42.5 Å². The molecule has 5 heteroatoms. The molecule has 0 atom stereocenters. The van der Waals surface area contributed by atoms with E-state index in [0.29, 0.717) is 33.5 Å². The molecular weight excluding hydrogens is 256 g/mol. The molecule has 0 aliphatic carbocycles. The minimum Gasteiger partial charge on any atom is -0.457 e. The Balaban J connectivity index is 1.94. The summed E-state index contributed by atoms with van der Waals surface area (Å²) in [5, 5.41) is 19.0. The van der Waals surface area contributed by atoms with Crippen molar-refractivity contribution in [1.82, 2.24) is 0 Å². The molecule has 1 aliphatic rings. The largest absolute Gasteiger partial charge is 0.457 e. The van der Waals surface area contributed by atoms with E-state index in [2.05, 4.69) is 6.07 Å². The first-order chi connectivity index (χ1) is 9.78. The lowest BCUT2D eigenvalue weighted by Crippen LogP contribution is -2.18. The van der Waals surface area contributed by atoms with Gasteiger partial charge in [0.1, 0.15) is 23.4 Å². The maximum atomic E-state index is 9.59. The molecule has 1 aliphatic heterocycles. The van der Waals surface area contributed by atoms with E-state index in [4.69, 9.17) is 14.8 Å². The van der Waals surface area contributed by atoms with E-state index >= 15 is 0 Å². The maximum absolute atomic E-state index is 9.59. The third-order valence-electron chi connectivity index (χ3n) is 2.86. The molecule has 1 heterocycles. The maximum Gasteiger partial charge on any atom is 0.137 e. The van der Waals surface area contributed by atoms with Crippen LogP contribution in [0.25, 0.3) is 6.08 Å². The first-order valence-electron chi connectivity index (χ1n) is 5.91. The molecule has 0 fully saturated rings. The molecular formula is C15H10N2O3. The Hall–Kier alpha value is -2.97. The number of rotatable bonds is 2. The summed E-state index contributed by atoms with van der Waals surface area (Å²) in [6.07, 6.45) is 3.08. The lowest BCUT2D eigenvalue weighted by atomic mass is 10.1. The molecule has 2 aromatic carbocycles. The van der Waals surface area contributed by atoms with Gasteiger partial charge in [-0.1, -0.05) is 11.3 Å². The molecule has 20 heavy (non-hydrogen) atoms. The van der Waals surface area contributed by atoms with Crippen LogP contribution < -0.4 is 9.96 Å². The van der Waals surface area contributed by atoms with Crippen molar-refractivity contribution in [3.63, 3.8) is 0 Å². The molecule has 0 unspecified atom stereocenters. The summed E-state index contributed by atoms with van der Waals surface area (Å²) in [6, 6.07) is 14.1. The summed E-state index contributed by atoms with van der Waals surface area (Å²) in [5.74, 6) is 1.20. The van der Waals surface area contributed by atoms with Gasteiger partial charge in [-0.15, -0.1) is 0 Å². The number of benzene rings is 2. The van der Waals surface area contributed by atoms with Crippen LogP contribution in [0.4, 0.5) is 5.69 Å². The van der Waals surface area contributed by atoms with Gasteiger partial charge in [0.25, 0.3) is 0 Å². The first kappa shape index (κ1) is 12.1. The fraction of sp³-hybridized carbons (Fsp3) is 0. The van der Waals surface area contributed by atoms with Crippen LogP contribution in [0.2, 0.25) is 0 Å². The van der Waals surface area contributed by atoms with E-state index in [9.17, 15) is 5.21 Å². The number of nitriles is 1. The van der Waals surface area contributed by atoms with Crippen LogP contribution >= 0.6 is 0 Å². The topological polar surface area (TPSA) is 65.7 Å². The van der Waals surface area contributed by atoms with Gasteiger partial charge in [0.05, 0.1) is 11.6 Å². The monoisotopic (exact) mass is 266 g/mol. The smallest absolute Gasteiger partial charge is 0.137 e. The van der Waals surface area contributed by atoms with Crippen molar-refractivity contribution in [2.45, 2.75) is 0 Å². The Morgan fingerprint density at radius 2 is 1.95 bits per heavy atom. The number of hydrogen-bond donors (Lipinski definition) is 1. The van der Waals surface area contributed by atoms with Gasteiger partial charge in [-0.2, -0.15) is 5.26 Å². The summed E-state index contributed by atoms with van der Waals surface area (Å²) < 4.78 is 5.77. The SMILES string of the molecule is N#Cc1ccc(Oc2cccc3c2C=CON3O)cc1. The van der Waals surface area contributed by atoms with Gasteiger partial charge in [0.2, 0.25) is 0 Å². The van der Waals surface area contributed by atoms with Crippen LogP contribution in [-0.4, -0.2) is 5.21 Å². The molecule has 0 spiro atoms. The lowest BCUT2D eigenvalue weighted by Gasteiger charge is -2.22. The van der Waals surface area contributed by atoms with Crippen molar-refractivity contribution in [2.24, 2.45) is 0 Å². The van der Waals surface area contributed by atoms with Crippen LogP contribution in [0.15, 0.2) is 48.7 Å². The first-order valence-corrected chi connectivity index (χ1v) is 5.91. The molecule has 0 saturated carbocycles. The van der Waals surface area contributed by atoms with Crippen molar-refractivity contribution in [1.29, 1.82) is 5.26 Å². The highest BCUT2D eigenvalue weighted by molar-refractivity contribution is 5.73. The standard InChI is InChI=1S/C15H10N2O3/c16-10-11-4-6-12(7-5-11)20-15-3-1-2-14-13(15)8-9-19-17(14)18/h1-9,18H. The number of nitrogens with zero attached hydrogens (tertiary/aromatic N) is 2. The summed E-state index contributed by atoms with van der Waals surface area (Å²) in [5.41, 5.74) is 1.78. The van der Waals surface area contributed by atoms with Gasteiger partial charge >= 0.3 is 0 Å². The molecule has 3 rings (SSSR count). The number of anilines is 1. The summed E-state index contributed by atoms with van der Waals surface area (Å²) >= 11 is 0. The van der Waals surface area contributed by atoms with E-state index in [0.717, 1.165) is 0 Å². The molecule has 0 bridgehead atoms. The van der Waals surface area contributed by atoms with Crippen molar-refractivity contribution >= 4 is 11.8 Å². The molecule has 5 nitrogen and oxygen atoms in total. The third-order valence-corrected chi connectivity index (χ3v) is 2.86. The summed E-state index contributed by atoms with van der Waals surface area (Å²) in [6.45, 7) is 0. The van der Waals surface area contributed by atoms with Crippen LogP contribution in [0.1, 0.15) is 11.1 Å². The minimum absolute atomic E-state index is 0.499. The van der Waals surface area contributed by atoms with Crippen LogP contribution in [0, 0.1) is 11.3 Å². The zero-order valence-corrected chi connectivity index (χ0v) is 10.4. The number of fused-ring (bicyclic) bond motifs is 1. The quantitative estimate of drug-likeness (QED) is 0.901. The molecule has 98 valence electrons. The van der Waals surface area contributed by atoms with Crippen LogP contribution in [0.3, 0.4) is 0 Å². The highest BCUT2D eigenvalue weighted by atomic mass is 16.9. The molecule has 2 aromatic rings. The Bertz CT molecular complexity index is 702. The molecule has 0 saturated heterocycles. The normalized spacial score (nSPS) is 12.3. The average molecular weight is 266 g/mol. The predicted octanol–water partition coefficient (Wildman–Crippen LogP) is 3.46. The Morgan fingerprint density at radius 1 is 1.15 bits per heavy atom. The molecule has 0 aromatic heterocycles. The second-order valence-corrected chi connectivity index (χ2v) is 4.11. The van der Waals surface area contributed by atoms with Crippen molar-refractivity contribution < 1.29 is 14.8 Å². The van der Waals surface area contributed by atoms with Gasteiger partial charge in [0.15, 0.2) is 0 Å². The van der Waals surface area contributed by atoms with Crippen molar-refractivity contribution in [3.05, 3.63) is 59.9 Å². The van der Waals surface area contributed by atoms with Crippen molar-refractivity contribution in [2.75, 3.05) is 5.23 Å². The highest BCUT2D eigenvalue weighted by Crippen LogP contribution is 2.35. The second-order valence-electron chi connectivity index (χ2n) is 4.11. The van der Waals surface area contributed by atoms with Crippen LogP contribution in [-0.2, 0) is 4.84 Å². The molecule has 0 radical (unpaired) electrons. The number of hydrogen-bond acceptors (Lipinski definition) is 5. The van der Waals surface area contributed by atoms with Gasteiger partial charge in [-0.3, -0.25) is 5.21 Å². The van der Waals surface area contributed by atoms with E-state index in [1.807, 2.05) is 0 Å². The van der Waals surface area contributed by atoms with E-state index < -0.39 is 0 Å². The lowest BCUT2D eigenvalue weighted by molar-refractivity contribution is 0.0133. The highest BCUT2D eigenvalue weighted by Gasteiger charge is 2.16. The second kappa shape index (κ2) is 4.96. The van der Waals surface area contributed by atoms with Crippen molar-refractivity contribution in [3.8, 4) is 17.6 Å². The Labute approximate surface area is 115 Å². The summed E-state index contributed by atoms with van der Waals surface area (Å²) in [7, 11) is 0. The van der Waals surface area contributed by atoms with Gasteiger partial charge < -0.3 is 9.57 Å². The average Bonchev–Trinajstić information content (AvgIpc) is 2.49.